The molecule has 4 aliphatic heterocycles. The molecule has 20 heteroatoms. The van der Waals surface area contributed by atoms with E-state index in [1.165, 1.54) is 20.3 Å². The fourth-order valence-electron chi connectivity index (χ4n) is 7.35. The number of halogens is 1. The molecular formula is C47H51BrK2N4O13. The van der Waals surface area contributed by atoms with Gasteiger partial charge in [-0.3, -0.25) is 43.8 Å². The van der Waals surface area contributed by atoms with Crippen LogP contribution in [0.3, 0.4) is 0 Å². The number of ether oxygens (including phenoxy) is 5. The van der Waals surface area contributed by atoms with Gasteiger partial charge in [-0.25, -0.2) is 0 Å². The number of methoxy groups -OCH3 is 2. The van der Waals surface area contributed by atoms with Crippen molar-refractivity contribution in [3.05, 3.63) is 95.1 Å². The molecule has 1 N–H and O–H groups in total. The maximum atomic E-state index is 13.4. The second kappa shape index (κ2) is 29.5. The number of anilines is 2. The van der Waals surface area contributed by atoms with Crippen LogP contribution in [0.2, 0.25) is 0 Å². The molecule has 0 fully saturated rings. The van der Waals surface area contributed by atoms with Gasteiger partial charge in [0.25, 0.3) is 18.3 Å². The van der Waals surface area contributed by atoms with Gasteiger partial charge < -0.3 is 40.4 Å². The first-order chi connectivity index (χ1) is 31.5. The van der Waals surface area contributed by atoms with Crippen LogP contribution >= 0.6 is 15.9 Å². The van der Waals surface area contributed by atoms with E-state index in [1.807, 2.05) is 61.7 Å². The normalized spacial score (nSPS) is 15.0. The number of carbonyl (C=O) groups excluding carboxylic acids is 5. The molecule has 0 unspecified atom stereocenters. The number of esters is 2. The zero-order valence-electron chi connectivity index (χ0n) is 39.4. The van der Waals surface area contributed by atoms with Gasteiger partial charge in [-0.15, -0.1) is 0 Å². The van der Waals surface area contributed by atoms with Gasteiger partial charge in [0.2, 0.25) is 0 Å². The molecule has 0 saturated carbocycles. The summed E-state index contributed by atoms with van der Waals surface area (Å²) < 4.78 is 26.0. The number of fused-ring (bicyclic) bond motifs is 8. The Balaban J connectivity index is 0.000000367. The molecule has 2 atom stereocenters. The first kappa shape index (κ1) is 57.8. The minimum Gasteiger partial charge on any atom is -1.00 e. The molecule has 17 nitrogen and oxygen atoms in total. The number of phenolic OH excluding ortho intramolecular Hbond substituents is 1. The summed E-state index contributed by atoms with van der Waals surface area (Å²) in [6.07, 6.45) is 7.28. The maximum Gasteiger partial charge on any atom is 1.00 e. The molecule has 0 saturated heterocycles. The van der Waals surface area contributed by atoms with Gasteiger partial charge in [0.15, 0.2) is 23.0 Å². The summed E-state index contributed by atoms with van der Waals surface area (Å²) in [4.78, 5) is 72.1. The summed E-state index contributed by atoms with van der Waals surface area (Å²) in [7, 11) is 2.99. The van der Waals surface area contributed by atoms with Crippen molar-refractivity contribution in [3.8, 4) is 23.0 Å². The van der Waals surface area contributed by atoms with Gasteiger partial charge in [-0.2, -0.15) is 0 Å². The van der Waals surface area contributed by atoms with Crippen molar-refractivity contribution in [1.29, 1.82) is 0 Å². The molecule has 2 amide bonds. The predicted molar refractivity (Wildman–Crippen MR) is 245 cm³/mol. The Morgan fingerprint density at radius 2 is 1.22 bits per heavy atom. The van der Waals surface area contributed by atoms with Crippen molar-refractivity contribution in [2.45, 2.75) is 64.5 Å². The number of phenols is 1. The molecule has 67 heavy (non-hydrogen) atoms. The van der Waals surface area contributed by atoms with Crippen LogP contribution in [0.15, 0.2) is 82.8 Å². The number of nitrogens with zero attached hydrogens (tertiary/aromatic N) is 4. The first-order valence-electron chi connectivity index (χ1n) is 20.8. The molecule has 0 bridgehead atoms. The zero-order chi connectivity index (χ0) is 46.9. The fraction of sp³-hybridized carbons (Fsp3) is 0.340. The molecular weight excluding hydrogens is 987 g/mol. The molecule has 4 heterocycles. The van der Waals surface area contributed by atoms with E-state index in [9.17, 15) is 24.3 Å². The number of hydrogen-bond donors (Lipinski definition) is 1. The van der Waals surface area contributed by atoms with Crippen molar-refractivity contribution in [2.24, 2.45) is 9.98 Å². The number of amides is 2. The van der Waals surface area contributed by atoms with Crippen molar-refractivity contribution in [3.63, 3.8) is 0 Å². The summed E-state index contributed by atoms with van der Waals surface area (Å²) in [5.41, 5.74) is 6.05. The number of rotatable bonds is 13. The van der Waals surface area contributed by atoms with Gasteiger partial charge >= 0.3 is 115 Å². The van der Waals surface area contributed by atoms with Crippen LogP contribution in [-0.4, -0.2) is 99.2 Å². The molecule has 0 aliphatic carbocycles. The number of hydrogen-bond acceptors (Lipinski definition) is 15. The van der Waals surface area contributed by atoms with E-state index in [4.69, 9.17) is 29.0 Å². The Labute approximate surface area is 484 Å². The van der Waals surface area contributed by atoms with Gasteiger partial charge in [0.1, 0.15) is 0 Å². The second-order valence-corrected chi connectivity index (χ2v) is 15.1. The number of benzene rings is 4. The van der Waals surface area contributed by atoms with Crippen molar-refractivity contribution in [1.82, 2.24) is 0 Å². The average molecular weight is 1040 g/mol. The third-order valence-electron chi connectivity index (χ3n) is 10.2. The molecule has 346 valence electrons. The fourth-order valence-corrected chi connectivity index (χ4v) is 7.63. The van der Waals surface area contributed by atoms with Crippen molar-refractivity contribution < 1.29 is 167 Å². The van der Waals surface area contributed by atoms with Crippen LogP contribution in [0.4, 0.5) is 22.7 Å². The van der Waals surface area contributed by atoms with E-state index in [2.05, 4.69) is 35.5 Å². The maximum absolute atomic E-state index is 13.4. The van der Waals surface area contributed by atoms with Crippen molar-refractivity contribution >= 4 is 81.3 Å². The Hall–Kier alpha value is -3.52. The standard InChI is InChI=1S/C23H24N2O5.C17H14N2O3.C6H11BrO2.CH2O3.2K.H/c1-3-29-22(26)9-6-10-30-21-13-18-17(12-20(21)28-2)23(27)25-16(14-24-18)11-15-7-4-5-8-19(15)25;1-22-16-7-12-13(8-15(16)20)18-9-11-6-10-4-2-3-5-14(10)19(11)17(12)21;1-2-9-6(8)4-3-5-7;2-1-4-3;;;/h4-5,7-8,12-14,16H,3,6,9-11H2,1-2H3;2-5,7-9,11,20H,6H2,1H3;2-5H2,1H3;1,3H;;;/q;;;;2*+1;-1/p-1/t16-;11-;;;;;/m00...../s1. The Morgan fingerprint density at radius 1 is 0.761 bits per heavy atom. The third-order valence-corrected chi connectivity index (χ3v) is 10.8. The van der Waals surface area contributed by atoms with Crippen molar-refractivity contribution in [2.75, 3.05) is 49.2 Å². The summed E-state index contributed by atoms with van der Waals surface area (Å²) in [5, 5.41) is 19.2. The first-order valence-corrected chi connectivity index (χ1v) is 21.9. The molecule has 4 aliphatic rings. The summed E-state index contributed by atoms with van der Waals surface area (Å²) >= 11 is 3.22. The number of para-hydroxylation sites is 2. The van der Waals surface area contributed by atoms with E-state index >= 15 is 0 Å². The van der Waals surface area contributed by atoms with Gasteiger partial charge in [-0.05, 0) is 62.1 Å². The predicted octanol–water partition coefficient (Wildman–Crippen LogP) is 0.673. The van der Waals surface area contributed by atoms with E-state index in [-0.39, 0.29) is 164 Å². The Bertz CT molecular complexity index is 2410. The van der Waals surface area contributed by atoms with Gasteiger partial charge in [0, 0.05) is 67.0 Å². The van der Waals surface area contributed by atoms with Crippen LogP contribution in [0.25, 0.3) is 0 Å². The number of aromatic hydroxyl groups is 1. The van der Waals surface area contributed by atoms with Gasteiger partial charge in [-0.1, -0.05) is 52.3 Å². The van der Waals surface area contributed by atoms with E-state index < -0.39 is 0 Å². The third kappa shape index (κ3) is 15.2. The topological polar surface area (TPSA) is 215 Å². The molecule has 0 radical (unpaired) electrons. The Kier molecular flexibility index (Phi) is 25.4. The molecule has 8 rings (SSSR count). The molecule has 0 spiro atoms. The average Bonchev–Trinajstić information content (AvgIpc) is 3.81. The minimum atomic E-state index is -0.244. The summed E-state index contributed by atoms with van der Waals surface area (Å²) in [6.45, 7) is 4.59. The van der Waals surface area contributed by atoms with Crippen LogP contribution in [-0.2, 0) is 41.6 Å². The van der Waals surface area contributed by atoms with E-state index in [0.29, 0.717) is 66.7 Å². The van der Waals surface area contributed by atoms with Crippen LogP contribution in [0.5, 0.6) is 23.0 Å². The quantitative estimate of drug-likeness (QED) is 0.0372. The number of alkyl halides is 1. The summed E-state index contributed by atoms with van der Waals surface area (Å²) in [6, 6.07) is 22.0. The van der Waals surface area contributed by atoms with Gasteiger partial charge in [0.05, 0.1) is 68.6 Å². The summed E-state index contributed by atoms with van der Waals surface area (Å²) in [5.74, 6) is 0.627. The molecule has 0 aromatic heterocycles. The van der Waals surface area contributed by atoms with Crippen LogP contribution in [0, 0.1) is 0 Å². The van der Waals surface area contributed by atoms with Crippen LogP contribution in [0.1, 0.15) is 72.8 Å². The number of aliphatic imine (C=N–C) groups is 2. The monoisotopic (exact) mass is 1040 g/mol. The zero-order valence-corrected chi connectivity index (χ0v) is 46.2. The Morgan fingerprint density at radius 3 is 1.69 bits per heavy atom. The molecule has 4 aromatic rings. The van der Waals surface area contributed by atoms with E-state index in [1.54, 1.807) is 41.1 Å². The van der Waals surface area contributed by atoms with Crippen LogP contribution < -0.4 is 132 Å². The largest absolute Gasteiger partial charge is 1.00 e. The SMILES string of the molecule is CCOC(=O)CCCBr.CCOC(=O)CCCOc1cc2c(cc1OC)C(=O)N1c3ccccc3C[C@H]1C=N2.COc1cc2c(cc1O)N=C[C@@H]1Cc3ccccc3N1C2=O.O=CO[O-].[H-].[K+].[K+]. The smallest absolute Gasteiger partial charge is 1.00 e. The van der Waals surface area contributed by atoms with E-state index in [0.717, 1.165) is 47.1 Å². The molecule has 4 aromatic carbocycles. The number of carbonyl (C=O) groups is 5. The second-order valence-electron chi connectivity index (χ2n) is 14.3. The minimum absolute atomic E-state index is 0.